The van der Waals surface area contributed by atoms with E-state index in [1.54, 1.807) is 6.92 Å². The van der Waals surface area contributed by atoms with Crippen LogP contribution in [0.5, 0.6) is 0 Å². The number of halogens is 1. The summed E-state index contributed by atoms with van der Waals surface area (Å²) >= 11 is 0. The number of hydrogen-bond acceptors (Lipinski definition) is 6. The van der Waals surface area contributed by atoms with Crippen molar-refractivity contribution in [2.45, 2.75) is 13.5 Å². The molecule has 2 aromatic heterocycles. The molecule has 0 fully saturated rings. The zero-order valence-electron chi connectivity index (χ0n) is 11.7. The Bertz CT molecular complexity index is 749. The summed E-state index contributed by atoms with van der Waals surface area (Å²) in [5.41, 5.74) is 1.31. The molecule has 0 bridgehead atoms. The second-order valence-corrected chi connectivity index (χ2v) is 4.20. The highest BCUT2D eigenvalue weighted by molar-refractivity contribution is 5.96. The second kappa shape index (κ2) is 6.11. The van der Waals surface area contributed by atoms with Crippen molar-refractivity contribution in [2.24, 2.45) is 12.1 Å². The summed E-state index contributed by atoms with van der Waals surface area (Å²) in [4.78, 5) is 21.9. The number of aromatic nitrogens is 4. The van der Waals surface area contributed by atoms with E-state index >= 15 is 0 Å². The summed E-state index contributed by atoms with van der Waals surface area (Å²) in [5, 5.41) is 21.8. The molecule has 2 rings (SSSR count). The zero-order valence-corrected chi connectivity index (χ0v) is 11.7. The second-order valence-electron chi connectivity index (χ2n) is 4.20. The molecule has 1 amide bonds. The van der Waals surface area contributed by atoms with Crippen molar-refractivity contribution in [1.82, 2.24) is 25.0 Å². The van der Waals surface area contributed by atoms with Crippen LogP contribution in [0.2, 0.25) is 0 Å². The van der Waals surface area contributed by atoms with Crippen LogP contribution in [-0.2, 0) is 13.6 Å². The first kappa shape index (κ1) is 15.3. The van der Waals surface area contributed by atoms with Gasteiger partial charge in [-0.15, -0.1) is 0 Å². The number of carbonyl (C=O) groups is 1. The van der Waals surface area contributed by atoms with E-state index in [0.29, 0.717) is 6.54 Å². The van der Waals surface area contributed by atoms with Gasteiger partial charge in [-0.1, -0.05) is 0 Å². The minimum atomic E-state index is -0.869. The van der Waals surface area contributed by atoms with Crippen LogP contribution >= 0.6 is 0 Å². The number of nitrogens with one attached hydrogen (secondary N) is 1. The summed E-state index contributed by atoms with van der Waals surface area (Å²) < 4.78 is 15.9. The van der Waals surface area contributed by atoms with Gasteiger partial charge < -0.3 is 0 Å². The van der Waals surface area contributed by atoms with Gasteiger partial charge >= 0.3 is 5.69 Å². The highest BCUT2D eigenvalue weighted by Crippen LogP contribution is 2.15. The van der Waals surface area contributed by atoms with Crippen LogP contribution in [0.15, 0.2) is 17.5 Å². The third-order valence-corrected chi connectivity index (χ3v) is 2.69. The van der Waals surface area contributed by atoms with Gasteiger partial charge in [0.1, 0.15) is 6.20 Å². The number of hydrazone groups is 1. The number of nitrogens with zero attached hydrogens (tertiary/aromatic N) is 6. The standard InChI is InChI=1S/C11H12FN7O3/c1-3-18-10(12)7(5-14-18)4-13-15-11(20)9-8(19(21)22)6-17(2)16-9/h4-6H,3H2,1-2H3,(H,15,20)/b13-4+. The van der Waals surface area contributed by atoms with Gasteiger partial charge in [-0.25, -0.2) is 10.1 Å². The Kier molecular flexibility index (Phi) is 4.25. The van der Waals surface area contributed by atoms with E-state index in [9.17, 15) is 19.3 Å². The van der Waals surface area contributed by atoms with Crippen LogP contribution < -0.4 is 5.43 Å². The molecule has 10 nitrogen and oxygen atoms in total. The lowest BCUT2D eigenvalue weighted by atomic mass is 10.3. The van der Waals surface area contributed by atoms with Crippen molar-refractivity contribution < 1.29 is 14.1 Å². The summed E-state index contributed by atoms with van der Waals surface area (Å²) in [6.45, 7) is 2.07. The molecule has 0 spiro atoms. The molecule has 0 atom stereocenters. The van der Waals surface area contributed by atoms with E-state index < -0.39 is 22.5 Å². The van der Waals surface area contributed by atoms with Gasteiger partial charge in [0.05, 0.1) is 22.9 Å². The molecule has 0 unspecified atom stereocenters. The molecule has 0 saturated heterocycles. The molecule has 0 aliphatic carbocycles. The molecule has 0 radical (unpaired) electrons. The van der Waals surface area contributed by atoms with Crippen LogP contribution in [0.1, 0.15) is 23.0 Å². The molecular weight excluding hydrogens is 297 g/mol. The SMILES string of the molecule is CCn1ncc(/C=N/NC(=O)c2nn(C)cc2[N+](=O)[O-])c1F. The molecule has 0 aromatic carbocycles. The van der Waals surface area contributed by atoms with Crippen LogP contribution in [-0.4, -0.2) is 36.6 Å². The number of amides is 1. The van der Waals surface area contributed by atoms with Gasteiger partial charge in [-0.05, 0) is 6.92 Å². The smallest absolute Gasteiger partial charge is 0.268 e. The zero-order chi connectivity index (χ0) is 16.3. The maximum Gasteiger partial charge on any atom is 0.320 e. The van der Waals surface area contributed by atoms with Crippen LogP contribution in [0, 0.1) is 16.1 Å². The number of aryl methyl sites for hydroxylation is 2. The van der Waals surface area contributed by atoms with Crippen LogP contribution in [0.25, 0.3) is 0 Å². The minimum Gasteiger partial charge on any atom is -0.268 e. The largest absolute Gasteiger partial charge is 0.320 e. The Morgan fingerprint density at radius 1 is 1.64 bits per heavy atom. The molecule has 0 saturated carbocycles. The van der Waals surface area contributed by atoms with E-state index in [2.05, 4.69) is 20.7 Å². The van der Waals surface area contributed by atoms with E-state index in [0.717, 1.165) is 21.8 Å². The molecule has 22 heavy (non-hydrogen) atoms. The Hall–Kier alpha value is -3.11. The fourth-order valence-electron chi connectivity index (χ4n) is 1.68. The van der Waals surface area contributed by atoms with Gasteiger partial charge in [0.15, 0.2) is 0 Å². The van der Waals surface area contributed by atoms with E-state index in [1.807, 2.05) is 0 Å². The highest BCUT2D eigenvalue weighted by Gasteiger charge is 2.24. The Balaban J connectivity index is 2.11. The molecule has 11 heteroatoms. The molecular formula is C11H12FN7O3. The Morgan fingerprint density at radius 2 is 2.36 bits per heavy atom. The monoisotopic (exact) mass is 309 g/mol. The van der Waals surface area contributed by atoms with Crippen LogP contribution in [0.4, 0.5) is 10.1 Å². The van der Waals surface area contributed by atoms with Crippen molar-refractivity contribution in [3.8, 4) is 0 Å². The lowest BCUT2D eigenvalue weighted by molar-refractivity contribution is -0.385. The average Bonchev–Trinajstić information content (AvgIpc) is 3.03. The Labute approximate surface area is 123 Å². The van der Waals surface area contributed by atoms with Gasteiger partial charge in [-0.3, -0.25) is 19.6 Å². The molecule has 2 aromatic rings. The summed E-state index contributed by atoms with van der Waals surface area (Å²) in [5.74, 6) is -1.46. The summed E-state index contributed by atoms with van der Waals surface area (Å²) in [6, 6.07) is 0. The van der Waals surface area contributed by atoms with Crippen molar-refractivity contribution in [1.29, 1.82) is 0 Å². The van der Waals surface area contributed by atoms with Gasteiger partial charge in [0.2, 0.25) is 11.6 Å². The van der Waals surface area contributed by atoms with Gasteiger partial charge in [0, 0.05) is 13.6 Å². The summed E-state index contributed by atoms with van der Waals surface area (Å²) in [7, 11) is 1.45. The minimum absolute atomic E-state index is 0.0812. The quantitative estimate of drug-likeness (QED) is 0.488. The van der Waals surface area contributed by atoms with E-state index in [-0.39, 0.29) is 11.3 Å². The average molecular weight is 309 g/mol. The molecule has 116 valence electrons. The topological polar surface area (TPSA) is 120 Å². The van der Waals surface area contributed by atoms with Gasteiger partial charge in [0.25, 0.3) is 5.91 Å². The molecule has 0 aliphatic heterocycles. The normalized spacial score (nSPS) is 11.0. The fraction of sp³-hybridized carbons (Fsp3) is 0.273. The predicted octanol–water partition coefficient (Wildman–Crippen LogP) is 0.448. The maximum absolute atomic E-state index is 13.6. The first-order chi connectivity index (χ1) is 10.4. The van der Waals surface area contributed by atoms with E-state index in [1.165, 1.54) is 13.2 Å². The maximum atomic E-state index is 13.6. The van der Waals surface area contributed by atoms with Crippen molar-refractivity contribution in [3.63, 3.8) is 0 Å². The Morgan fingerprint density at radius 3 is 2.95 bits per heavy atom. The predicted molar refractivity (Wildman–Crippen MR) is 72.8 cm³/mol. The first-order valence-electron chi connectivity index (χ1n) is 6.16. The van der Waals surface area contributed by atoms with Gasteiger partial charge in [-0.2, -0.15) is 19.7 Å². The van der Waals surface area contributed by atoms with Crippen molar-refractivity contribution in [2.75, 3.05) is 0 Å². The molecule has 1 N–H and O–H groups in total. The number of nitro groups is 1. The molecule has 2 heterocycles. The number of carbonyl (C=O) groups excluding carboxylic acids is 1. The van der Waals surface area contributed by atoms with Crippen molar-refractivity contribution >= 4 is 17.8 Å². The fourth-order valence-corrected chi connectivity index (χ4v) is 1.68. The lowest BCUT2D eigenvalue weighted by Gasteiger charge is -1.96. The number of hydrogen-bond donors (Lipinski definition) is 1. The van der Waals surface area contributed by atoms with Crippen LogP contribution in [0.3, 0.4) is 0 Å². The lowest BCUT2D eigenvalue weighted by Crippen LogP contribution is -2.19. The molecule has 0 aliphatic rings. The first-order valence-corrected chi connectivity index (χ1v) is 6.16. The van der Waals surface area contributed by atoms with E-state index in [4.69, 9.17) is 0 Å². The van der Waals surface area contributed by atoms with Crippen molar-refractivity contribution in [3.05, 3.63) is 39.7 Å². The third kappa shape index (κ3) is 2.97. The third-order valence-electron chi connectivity index (χ3n) is 2.69. The highest BCUT2D eigenvalue weighted by atomic mass is 19.1. The number of rotatable bonds is 5. The summed E-state index contributed by atoms with van der Waals surface area (Å²) in [6.07, 6.45) is 3.41.